The van der Waals surface area contributed by atoms with Crippen LogP contribution in [0.5, 0.6) is 5.75 Å². The molecule has 0 aliphatic rings. The molecule has 2 rings (SSSR count). The predicted octanol–water partition coefficient (Wildman–Crippen LogP) is 3.16. The van der Waals surface area contributed by atoms with Crippen LogP contribution in [0.25, 0.3) is 11.0 Å². The minimum Gasteiger partial charge on any atom is -0.490 e. The molecule has 0 bridgehead atoms. The highest BCUT2D eigenvalue weighted by atomic mass is 16.5. The number of fused-ring (bicyclic) bond motifs is 1. The van der Waals surface area contributed by atoms with E-state index in [1.807, 2.05) is 39.0 Å². The average molecular weight is 219 g/mol. The summed E-state index contributed by atoms with van der Waals surface area (Å²) in [7, 11) is 0. The number of rotatable bonds is 3. The SMILES string of the molecule is CCOc1cccc2c(C)c(C(C)N)oc12. The molecular formula is C13H17NO2. The smallest absolute Gasteiger partial charge is 0.176 e. The molecule has 0 saturated heterocycles. The Morgan fingerprint density at radius 2 is 2.19 bits per heavy atom. The summed E-state index contributed by atoms with van der Waals surface area (Å²) in [5.74, 6) is 1.62. The van der Waals surface area contributed by atoms with E-state index in [2.05, 4.69) is 0 Å². The molecule has 16 heavy (non-hydrogen) atoms. The Labute approximate surface area is 95.2 Å². The summed E-state index contributed by atoms with van der Waals surface area (Å²) < 4.78 is 11.3. The second kappa shape index (κ2) is 4.18. The van der Waals surface area contributed by atoms with Crippen molar-refractivity contribution >= 4 is 11.0 Å². The highest BCUT2D eigenvalue weighted by Crippen LogP contribution is 2.34. The van der Waals surface area contributed by atoms with Gasteiger partial charge in [-0.15, -0.1) is 0 Å². The van der Waals surface area contributed by atoms with Gasteiger partial charge in [0.15, 0.2) is 11.3 Å². The second-order valence-electron chi connectivity index (χ2n) is 3.95. The molecule has 2 aromatic rings. The van der Waals surface area contributed by atoms with Gasteiger partial charge in [0.05, 0.1) is 12.6 Å². The van der Waals surface area contributed by atoms with Gasteiger partial charge in [-0.2, -0.15) is 0 Å². The quantitative estimate of drug-likeness (QED) is 0.862. The summed E-state index contributed by atoms with van der Waals surface area (Å²) in [5, 5.41) is 1.08. The van der Waals surface area contributed by atoms with E-state index >= 15 is 0 Å². The van der Waals surface area contributed by atoms with Gasteiger partial charge in [0.2, 0.25) is 0 Å². The number of hydrogen-bond acceptors (Lipinski definition) is 3. The van der Waals surface area contributed by atoms with Gasteiger partial charge in [-0.3, -0.25) is 0 Å². The maximum atomic E-state index is 5.87. The summed E-state index contributed by atoms with van der Waals surface area (Å²) in [4.78, 5) is 0. The number of nitrogens with two attached hydrogens (primary N) is 1. The van der Waals surface area contributed by atoms with Gasteiger partial charge in [-0.05, 0) is 26.8 Å². The molecule has 1 unspecified atom stereocenters. The van der Waals surface area contributed by atoms with Crippen LogP contribution >= 0.6 is 0 Å². The van der Waals surface area contributed by atoms with Crippen molar-refractivity contribution in [2.45, 2.75) is 26.8 Å². The van der Waals surface area contributed by atoms with Crippen LogP contribution in [0.2, 0.25) is 0 Å². The van der Waals surface area contributed by atoms with Gasteiger partial charge in [0, 0.05) is 10.9 Å². The third kappa shape index (κ3) is 1.67. The van der Waals surface area contributed by atoms with Gasteiger partial charge in [-0.1, -0.05) is 12.1 Å². The molecule has 1 aromatic carbocycles. The molecule has 1 aromatic heterocycles. The Kier molecular flexibility index (Phi) is 2.88. The molecule has 0 aliphatic heterocycles. The van der Waals surface area contributed by atoms with E-state index in [0.717, 1.165) is 28.0 Å². The zero-order valence-corrected chi connectivity index (χ0v) is 9.91. The van der Waals surface area contributed by atoms with Crippen molar-refractivity contribution in [2.24, 2.45) is 5.73 Å². The Bertz CT molecular complexity index is 500. The van der Waals surface area contributed by atoms with Crippen LogP contribution in [0.3, 0.4) is 0 Å². The first-order valence-corrected chi connectivity index (χ1v) is 5.55. The van der Waals surface area contributed by atoms with Crippen LogP contribution in [0.4, 0.5) is 0 Å². The molecule has 0 spiro atoms. The fourth-order valence-electron chi connectivity index (χ4n) is 1.94. The topological polar surface area (TPSA) is 48.4 Å². The summed E-state index contributed by atoms with van der Waals surface area (Å²) in [6.45, 7) is 6.54. The monoisotopic (exact) mass is 219 g/mol. The van der Waals surface area contributed by atoms with Crippen molar-refractivity contribution < 1.29 is 9.15 Å². The number of furan rings is 1. The van der Waals surface area contributed by atoms with E-state index in [1.165, 1.54) is 0 Å². The molecule has 1 atom stereocenters. The van der Waals surface area contributed by atoms with E-state index in [-0.39, 0.29) is 6.04 Å². The van der Waals surface area contributed by atoms with Gasteiger partial charge in [0.25, 0.3) is 0 Å². The second-order valence-corrected chi connectivity index (χ2v) is 3.95. The average Bonchev–Trinajstić information content (AvgIpc) is 2.58. The Morgan fingerprint density at radius 1 is 1.44 bits per heavy atom. The van der Waals surface area contributed by atoms with Crippen LogP contribution in [0.1, 0.15) is 31.2 Å². The maximum Gasteiger partial charge on any atom is 0.176 e. The lowest BCUT2D eigenvalue weighted by atomic mass is 10.1. The van der Waals surface area contributed by atoms with E-state index in [9.17, 15) is 0 Å². The minimum absolute atomic E-state index is 0.0955. The lowest BCUT2D eigenvalue weighted by Gasteiger charge is -2.02. The molecule has 0 saturated carbocycles. The first kappa shape index (κ1) is 11.0. The Balaban J connectivity index is 2.65. The van der Waals surface area contributed by atoms with E-state index < -0.39 is 0 Å². The highest BCUT2D eigenvalue weighted by molar-refractivity contribution is 5.87. The fraction of sp³-hybridized carbons (Fsp3) is 0.385. The zero-order chi connectivity index (χ0) is 11.7. The molecule has 0 radical (unpaired) electrons. The van der Waals surface area contributed by atoms with Crippen LogP contribution in [0.15, 0.2) is 22.6 Å². The maximum absolute atomic E-state index is 5.87. The van der Waals surface area contributed by atoms with Crippen LogP contribution in [-0.2, 0) is 0 Å². The Hall–Kier alpha value is -1.48. The zero-order valence-electron chi connectivity index (χ0n) is 9.91. The van der Waals surface area contributed by atoms with Gasteiger partial charge >= 0.3 is 0 Å². The molecule has 86 valence electrons. The number of para-hydroxylation sites is 1. The Morgan fingerprint density at radius 3 is 2.81 bits per heavy atom. The summed E-state index contributed by atoms with van der Waals surface area (Å²) in [5.41, 5.74) is 7.77. The molecule has 3 heteroatoms. The third-order valence-corrected chi connectivity index (χ3v) is 2.68. The van der Waals surface area contributed by atoms with Crippen LogP contribution < -0.4 is 10.5 Å². The third-order valence-electron chi connectivity index (χ3n) is 2.68. The largest absolute Gasteiger partial charge is 0.490 e. The lowest BCUT2D eigenvalue weighted by molar-refractivity contribution is 0.337. The van der Waals surface area contributed by atoms with E-state index in [0.29, 0.717) is 6.61 Å². The summed E-state index contributed by atoms with van der Waals surface area (Å²) >= 11 is 0. The molecule has 0 amide bonds. The first-order valence-electron chi connectivity index (χ1n) is 5.55. The first-order chi connectivity index (χ1) is 7.65. The fourth-order valence-corrected chi connectivity index (χ4v) is 1.94. The number of hydrogen-bond donors (Lipinski definition) is 1. The standard InChI is InChI=1S/C13H17NO2/c1-4-15-11-7-5-6-10-8(2)12(9(3)14)16-13(10)11/h5-7,9H,4,14H2,1-3H3. The van der Waals surface area contributed by atoms with Crippen molar-refractivity contribution in [2.75, 3.05) is 6.61 Å². The molecular weight excluding hydrogens is 202 g/mol. The number of ether oxygens (including phenoxy) is 1. The van der Waals surface area contributed by atoms with E-state index in [4.69, 9.17) is 14.9 Å². The van der Waals surface area contributed by atoms with Crippen LogP contribution in [0, 0.1) is 6.92 Å². The number of aryl methyl sites for hydroxylation is 1. The van der Waals surface area contributed by atoms with Gasteiger partial charge in [-0.25, -0.2) is 0 Å². The summed E-state index contributed by atoms with van der Waals surface area (Å²) in [6, 6.07) is 5.82. The highest BCUT2D eigenvalue weighted by Gasteiger charge is 2.16. The lowest BCUT2D eigenvalue weighted by Crippen LogP contribution is -2.04. The van der Waals surface area contributed by atoms with Crippen LogP contribution in [-0.4, -0.2) is 6.61 Å². The van der Waals surface area contributed by atoms with Crippen molar-refractivity contribution in [3.63, 3.8) is 0 Å². The number of benzene rings is 1. The molecule has 0 fully saturated rings. The minimum atomic E-state index is -0.0955. The van der Waals surface area contributed by atoms with Crippen molar-refractivity contribution in [1.82, 2.24) is 0 Å². The molecule has 3 nitrogen and oxygen atoms in total. The van der Waals surface area contributed by atoms with Gasteiger partial charge < -0.3 is 14.9 Å². The molecule has 2 N–H and O–H groups in total. The molecule has 1 heterocycles. The van der Waals surface area contributed by atoms with Gasteiger partial charge in [0.1, 0.15) is 5.76 Å². The molecule has 0 aliphatic carbocycles. The summed E-state index contributed by atoms with van der Waals surface area (Å²) in [6.07, 6.45) is 0. The van der Waals surface area contributed by atoms with E-state index in [1.54, 1.807) is 0 Å². The predicted molar refractivity (Wildman–Crippen MR) is 64.7 cm³/mol. The van der Waals surface area contributed by atoms with Crippen molar-refractivity contribution in [3.8, 4) is 5.75 Å². The van der Waals surface area contributed by atoms with Crippen molar-refractivity contribution in [1.29, 1.82) is 0 Å². The normalized spacial score (nSPS) is 13.0. The van der Waals surface area contributed by atoms with Crippen molar-refractivity contribution in [3.05, 3.63) is 29.5 Å².